The average molecular weight is 238 g/mol. The zero-order chi connectivity index (χ0) is 12.5. The Labute approximate surface area is 107 Å². The molecule has 2 heteroatoms. The van der Waals surface area contributed by atoms with E-state index in [9.17, 15) is 0 Å². The lowest BCUT2D eigenvalue weighted by molar-refractivity contribution is 0.0847. The van der Waals surface area contributed by atoms with Crippen molar-refractivity contribution in [3.63, 3.8) is 0 Å². The van der Waals surface area contributed by atoms with Crippen molar-refractivity contribution in [2.24, 2.45) is 16.7 Å². The molecule has 2 rings (SSSR count). The van der Waals surface area contributed by atoms with Gasteiger partial charge in [-0.15, -0.1) is 0 Å². The molecule has 2 saturated heterocycles. The summed E-state index contributed by atoms with van der Waals surface area (Å²) in [4.78, 5) is 2.70. The summed E-state index contributed by atoms with van der Waals surface area (Å²) in [6, 6.07) is 0. The minimum absolute atomic E-state index is 0.505. The SMILES string of the molecule is CC1(CN2CCC(C(C)(C)C)CC2)CCNC1. The van der Waals surface area contributed by atoms with Crippen LogP contribution in [0.3, 0.4) is 0 Å². The molecule has 1 unspecified atom stereocenters. The first-order valence-electron chi connectivity index (χ1n) is 7.32. The predicted molar refractivity (Wildman–Crippen MR) is 74.2 cm³/mol. The molecule has 0 aromatic rings. The van der Waals surface area contributed by atoms with E-state index in [1.54, 1.807) is 0 Å². The maximum Gasteiger partial charge on any atom is 0.00480 e. The van der Waals surface area contributed by atoms with Gasteiger partial charge in [0.1, 0.15) is 0 Å². The number of hydrogen-bond acceptors (Lipinski definition) is 2. The lowest BCUT2D eigenvalue weighted by atomic mass is 9.75. The standard InChI is InChI=1S/C15H30N2/c1-14(2,3)13-5-9-17(10-6-13)12-15(4)7-8-16-11-15/h13,16H,5-12H2,1-4H3. The summed E-state index contributed by atoms with van der Waals surface area (Å²) in [5.41, 5.74) is 1.04. The molecule has 0 aliphatic carbocycles. The lowest BCUT2D eigenvalue weighted by Crippen LogP contribution is -2.43. The molecule has 0 amide bonds. The van der Waals surface area contributed by atoms with Crippen LogP contribution in [-0.4, -0.2) is 37.6 Å². The number of nitrogens with zero attached hydrogens (tertiary/aromatic N) is 1. The third-order valence-corrected chi connectivity index (χ3v) is 4.87. The molecular weight excluding hydrogens is 208 g/mol. The van der Waals surface area contributed by atoms with Gasteiger partial charge in [-0.3, -0.25) is 0 Å². The van der Waals surface area contributed by atoms with Crippen LogP contribution in [-0.2, 0) is 0 Å². The molecule has 0 aromatic heterocycles. The van der Waals surface area contributed by atoms with Crippen molar-refractivity contribution in [1.82, 2.24) is 10.2 Å². The fourth-order valence-electron chi connectivity index (χ4n) is 3.50. The van der Waals surface area contributed by atoms with E-state index in [-0.39, 0.29) is 0 Å². The number of hydrogen-bond donors (Lipinski definition) is 1. The van der Waals surface area contributed by atoms with E-state index in [1.807, 2.05) is 0 Å². The van der Waals surface area contributed by atoms with Crippen LogP contribution in [0.25, 0.3) is 0 Å². The zero-order valence-electron chi connectivity index (χ0n) is 12.2. The van der Waals surface area contributed by atoms with Gasteiger partial charge in [0.25, 0.3) is 0 Å². The first-order valence-corrected chi connectivity index (χ1v) is 7.32. The molecule has 17 heavy (non-hydrogen) atoms. The van der Waals surface area contributed by atoms with Crippen molar-refractivity contribution >= 4 is 0 Å². The molecule has 0 saturated carbocycles. The minimum atomic E-state index is 0.505. The van der Waals surface area contributed by atoms with Crippen LogP contribution in [0.4, 0.5) is 0 Å². The highest BCUT2D eigenvalue weighted by atomic mass is 15.1. The zero-order valence-corrected chi connectivity index (χ0v) is 12.2. The Bertz CT molecular complexity index is 240. The molecule has 2 aliphatic rings. The summed E-state index contributed by atoms with van der Waals surface area (Å²) in [6.07, 6.45) is 4.15. The average Bonchev–Trinajstić information content (AvgIpc) is 2.64. The molecule has 0 radical (unpaired) electrons. The number of piperidine rings is 1. The minimum Gasteiger partial charge on any atom is -0.316 e. The van der Waals surface area contributed by atoms with Crippen LogP contribution in [0.5, 0.6) is 0 Å². The fraction of sp³-hybridized carbons (Fsp3) is 1.00. The Hall–Kier alpha value is -0.0800. The van der Waals surface area contributed by atoms with Gasteiger partial charge in [0, 0.05) is 13.1 Å². The number of rotatable bonds is 2. The Morgan fingerprint density at radius 1 is 1.24 bits per heavy atom. The topological polar surface area (TPSA) is 15.3 Å². The first-order chi connectivity index (χ1) is 7.89. The van der Waals surface area contributed by atoms with E-state index in [2.05, 4.69) is 37.9 Å². The molecule has 0 spiro atoms. The van der Waals surface area contributed by atoms with Gasteiger partial charge in [0.15, 0.2) is 0 Å². The van der Waals surface area contributed by atoms with E-state index in [0.717, 1.165) is 5.92 Å². The summed E-state index contributed by atoms with van der Waals surface area (Å²) in [5, 5.41) is 3.51. The second-order valence-corrected chi connectivity index (χ2v) is 7.65. The normalized spacial score (nSPS) is 33.2. The van der Waals surface area contributed by atoms with Crippen molar-refractivity contribution in [3.05, 3.63) is 0 Å². The molecule has 2 fully saturated rings. The summed E-state index contributed by atoms with van der Waals surface area (Å²) >= 11 is 0. The summed E-state index contributed by atoms with van der Waals surface area (Å²) in [5.74, 6) is 0.924. The molecule has 1 N–H and O–H groups in total. The van der Waals surface area contributed by atoms with E-state index in [0.29, 0.717) is 10.8 Å². The fourth-order valence-corrected chi connectivity index (χ4v) is 3.50. The smallest absolute Gasteiger partial charge is 0.00480 e. The van der Waals surface area contributed by atoms with Gasteiger partial charge in [0.2, 0.25) is 0 Å². The maximum atomic E-state index is 3.51. The van der Waals surface area contributed by atoms with Crippen LogP contribution in [0.15, 0.2) is 0 Å². The van der Waals surface area contributed by atoms with Crippen LogP contribution >= 0.6 is 0 Å². The van der Waals surface area contributed by atoms with Gasteiger partial charge in [-0.1, -0.05) is 27.7 Å². The highest BCUT2D eigenvalue weighted by Gasteiger charge is 2.34. The van der Waals surface area contributed by atoms with Gasteiger partial charge < -0.3 is 10.2 Å². The van der Waals surface area contributed by atoms with Crippen molar-refractivity contribution in [2.75, 3.05) is 32.7 Å². The second-order valence-electron chi connectivity index (χ2n) is 7.65. The van der Waals surface area contributed by atoms with Gasteiger partial charge in [-0.25, -0.2) is 0 Å². The molecule has 100 valence electrons. The third-order valence-electron chi connectivity index (χ3n) is 4.87. The number of likely N-dealkylation sites (tertiary alicyclic amines) is 1. The van der Waals surface area contributed by atoms with Crippen LogP contribution in [0, 0.1) is 16.7 Å². The molecule has 2 heterocycles. The summed E-state index contributed by atoms with van der Waals surface area (Å²) in [7, 11) is 0. The van der Waals surface area contributed by atoms with Crippen molar-refractivity contribution < 1.29 is 0 Å². The molecule has 2 nitrogen and oxygen atoms in total. The van der Waals surface area contributed by atoms with E-state index >= 15 is 0 Å². The first kappa shape index (κ1) is 13.4. The maximum absolute atomic E-state index is 3.51. The highest BCUT2D eigenvalue weighted by molar-refractivity contribution is 4.89. The number of nitrogens with one attached hydrogen (secondary N) is 1. The summed E-state index contributed by atoms with van der Waals surface area (Å²) in [6.45, 7) is 16.0. The Morgan fingerprint density at radius 3 is 2.35 bits per heavy atom. The lowest BCUT2D eigenvalue weighted by Gasteiger charge is -2.41. The van der Waals surface area contributed by atoms with E-state index in [4.69, 9.17) is 0 Å². The molecule has 1 atom stereocenters. The third kappa shape index (κ3) is 3.45. The Balaban J connectivity index is 1.79. The van der Waals surface area contributed by atoms with E-state index < -0.39 is 0 Å². The summed E-state index contributed by atoms with van der Waals surface area (Å²) < 4.78 is 0. The van der Waals surface area contributed by atoms with Crippen molar-refractivity contribution in [1.29, 1.82) is 0 Å². The van der Waals surface area contributed by atoms with Crippen molar-refractivity contribution in [2.45, 2.75) is 47.0 Å². The van der Waals surface area contributed by atoms with Crippen LogP contribution in [0.1, 0.15) is 47.0 Å². The monoisotopic (exact) mass is 238 g/mol. The second kappa shape index (κ2) is 4.89. The van der Waals surface area contributed by atoms with E-state index in [1.165, 1.54) is 52.0 Å². The van der Waals surface area contributed by atoms with Gasteiger partial charge >= 0.3 is 0 Å². The van der Waals surface area contributed by atoms with Crippen molar-refractivity contribution in [3.8, 4) is 0 Å². The molecule has 0 aromatic carbocycles. The molecular formula is C15H30N2. The predicted octanol–water partition coefficient (Wildman–Crippen LogP) is 2.74. The van der Waals surface area contributed by atoms with Crippen LogP contribution in [0.2, 0.25) is 0 Å². The molecule has 2 aliphatic heterocycles. The highest BCUT2D eigenvalue weighted by Crippen LogP contribution is 2.35. The van der Waals surface area contributed by atoms with Crippen LogP contribution < -0.4 is 5.32 Å². The molecule has 0 bridgehead atoms. The quantitative estimate of drug-likeness (QED) is 0.796. The largest absolute Gasteiger partial charge is 0.316 e. The Kier molecular flexibility index (Phi) is 3.84. The van der Waals surface area contributed by atoms with Gasteiger partial charge in [-0.05, 0) is 55.6 Å². The Morgan fingerprint density at radius 2 is 1.88 bits per heavy atom. The van der Waals surface area contributed by atoms with Gasteiger partial charge in [0.05, 0.1) is 0 Å². The van der Waals surface area contributed by atoms with Gasteiger partial charge in [-0.2, -0.15) is 0 Å².